The maximum absolute atomic E-state index is 5.94. The van der Waals surface area contributed by atoms with Crippen LogP contribution in [0.3, 0.4) is 0 Å². The first kappa shape index (κ1) is 15.4. The predicted octanol–water partition coefficient (Wildman–Crippen LogP) is 2.29. The van der Waals surface area contributed by atoms with Crippen molar-refractivity contribution in [2.45, 2.75) is 10.9 Å². The molecule has 0 spiro atoms. The van der Waals surface area contributed by atoms with Gasteiger partial charge in [0.2, 0.25) is 0 Å². The number of aromatic nitrogens is 4. The van der Waals surface area contributed by atoms with E-state index in [1.54, 1.807) is 25.2 Å². The molecule has 2 aromatic heterocycles. The van der Waals surface area contributed by atoms with Crippen LogP contribution in [0, 0.1) is 0 Å². The fraction of sp³-hybridized carbons (Fsp3) is 0.267. The van der Waals surface area contributed by atoms with Crippen molar-refractivity contribution < 1.29 is 4.74 Å². The van der Waals surface area contributed by atoms with E-state index in [2.05, 4.69) is 20.3 Å². The molecule has 0 radical (unpaired) electrons. The smallest absolute Gasteiger partial charge is 0.191 e. The lowest BCUT2D eigenvalue weighted by atomic mass is 10.2. The number of anilines is 2. The summed E-state index contributed by atoms with van der Waals surface area (Å²) in [5.41, 5.74) is 9.24. The van der Waals surface area contributed by atoms with E-state index in [0.717, 1.165) is 28.3 Å². The SMILES string of the molecule is CNc1nc(SCc2ccc(OC)c(N)c2)nc2c1ncn2C. The molecule has 23 heavy (non-hydrogen) atoms. The van der Waals surface area contributed by atoms with Gasteiger partial charge in [-0.25, -0.2) is 15.0 Å². The number of ether oxygens (including phenoxy) is 1. The Hall–Kier alpha value is -2.48. The zero-order valence-corrected chi connectivity index (χ0v) is 14.0. The summed E-state index contributed by atoms with van der Waals surface area (Å²) in [5, 5.41) is 3.76. The molecule has 1 aromatic carbocycles. The first-order valence-electron chi connectivity index (χ1n) is 7.04. The van der Waals surface area contributed by atoms with Gasteiger partial charge >= 0.3 is 0 Å². The normalized spacial score (nSPS) is 10.9. The number of thioether (sulfide) groups is 1. The Kier molecular flexibility index (Phi) is 4.24. The van der Waals surface area contributed by atoms with Crippen LogP contribution in [0.4, 0.5) is 11.5 Å². The van der Waals surface area contributed by atoms with Crippen molar-refractivity contribution in [2.75, 3.05) is 25.2 Å². The quantitative estimate of drug-likeness (QED) is 0.421. The van der Waals surface area contributed by atoms with Gasteiger partial charge in [-0.2, -0.15) is 0 Å². The highest BCUT2D eigenvalue weighted by Gasteiger charge is 2.11. The monoisotopic (exact) mass is 330 g/mol. The van der Waals surface area contributed by atoms with Gasteiger partial charge in [0.05, 0.1) is 19.1 Å². The van der Waals surface area contributed by atoms with Crippen molar-refractivity contribution in [2.24, 2.45) is 7.05 Å². The van der Waals surface area contributed by atoms with Gasteiger partial charge in [-0.3, -0.25) is 0 Å². The molecular formula is C15H18N6OS. The van der Waals surface area contributed by atoms with Gasteiger partial charge < -0.3 is 20.4 Å². The molecule has 0 aliphatic rings. The van der Waals surface area contributed by atoms with Crippen LogP contribution in [0.15, 0.2) is 29.7 Å². The molecule has 0 aliphatic heterocycles. The minimum absolute atomic E-state index is 0.629. The molecule has 0 unspecified atom stereocenters. The molecular weight excluding hydrogens is 312 g/mol. The molecule has 0 fully saturated rings. The van der Waals surface area contributed by atoms with Crippen molar-refractivity contribution in [3.63, 3.8) is 0 Å². The molecule has 3 N–H and O–H groups in total. The van der Waals surface area contributed by atoms with E-state index in [-0.39, 0.29) is 0 Å². The number of nitrogen functional groups attached to an aromatic ring is 1. The lowest BCUT2D eigenvalue weighted by Gasteiger charge is -2.08. The number of rotatable bonds is 5. The first-order chi connectivity index (χ1) is 11.1. The maximum atomic E-state index is 5.94. The number of hydrogen-bond donors (Lipinski definition) is 2. The fourth-order valence-corrected chi connectivity index (χ4v) is 3.03. The number of fused-ring (bicyclic) bond motifs is 1. The van der Waals surface area contributed by atoms with E-state index in [1.165, 1.54) is 0 Å². The largest absolute Gasteiger partial charge is 0.495 e. The number of hydrogen-bond acceptors (Lipinski definition) is 7. The standard InChI is InChI=1S/C15H18N6OS/c1-17-13-12-14(21(2)8-18-12)20-15(19-13)23-7-9-4-5-11(22-3)10(16)6-9/h4-6,8H,7,16H2,1-3H3,(H,17,19,20). The van der Waals surface area contributed by atoms with E-state index in [4.69, 9.17) is 10.5 Å². The molecule has 0 bridgehead atoms. The highest BCUT2D eigenvalue weighted by atomic mass is 32.2. The second kappa shape index (κ2) is 6.33. The van der Waals surface area contributed by atoms with Crippen molar-refractivity contribution >= 4 is 34.4 Å². The van der Waals surface area contributed by atoms with Gasteiger partial charge in [0.1, 0.15) is 11.3 Å². The molecule has 0 atom stereocenters. The lowest BCUT2D eigenvalue weighted by molar-refractivity contribution is 0.417. The van der Waals surface area contributed by atoms with Gasteiger partial charge in [-0.1, -0.05) is 17.8 Å². The summed E-state index contributed by atoms with van der Waals surface area (Å²) in [7, 11) is 5.35. The third-order valence-electron chi connectivity index (χ3n) is 3.44. The molecule has 7 nitrogen and oxygen atoms in total. The van der Waals surface area contributed by atoms with E-state index in [0.29, 0.717) is 16.6 Å². The van der Waals surface area contributed by atoms with Crippen LogP contribution in [0.5, 0.6) is 5.75 Å². The van der Waals surface area contributed by atoms with Crippen LogP contribution < -0.4 is 15.8 Å². The summed E-state index contributed by atoms with van der Waals surface area (Å²) in [6.45, 7) is 0. The van der Waals surface area contributed by atoms with E-state index in [9.17, 15) is 0 Å². The molecule has 0 saturated carbocycles. The minimum atomic E-state index is 0.629. The number of methoxy groups -OCH3 is 1. The van der Waals surface area contributed by atoms with E-state index >= 15 is 0 Å². The minimum Gasteiger partial charge on any atom is -0.495 e. The zero-order chi connectivity index (χ0) is 16.4. The third-order valence-corrected chi connectivity index (χ3v) is 4.36. The van der Waals surface area contributed by atoms with Crippen LogP contribution in [-0.4, -0.2) is 33.7 Å². The van der Waals surface area contributed by atoms with Gasteiger partial charge in [0.15, 0.2) is 16.6 Å². The molecule has 0 saturated heterocycles. The van der Waals surface area contributed by atoms with Gasteiger partial charge in [-0.05, 0) is 17.7 Å². The molecule has 0 amide bonds. The Morgan fingerprint density at radius 3 is 2.87 bits per heavy atom. The van der Waals surface area contributed by atoms with Gasteiger partial charge in [-0.15, -0.1) is 0 Å². The Morgan fingerprint density at radius 2 is 2.17 bits per heavy atom. The lowest BCUT2D eigenvalue weighted by Crippen LogP contribution is -1.99. The summed E-state index contributed by atoms with van der Waals surface area (Å²) in [5.74, 6) is 2.14. The fourth-order valence-electron chi connectivity index (χ4n) is 2.25. The molecule has 8 heteroatoms. The summed E-state index contributed by atoms with van der Waals surface area (Å²) < 4.78 is 7.05. The summed E-state index contributed by atoms with van der Waals surface area (Å²) in [6, 6.07) is 5.77. The Morgan fingerprint density at radius 1 is 1.35 bits per heavy atom. The average Bonchev–Trinajstić information content (AvgIpc) is 2.93. The molecule has 120 valence electrons. The van der Waals surface area contributed by atoms with Crippen LogP contribution in [0.25, 0.3) is 11.2 Å². The number of nitrogens with zero attached hydrogens (tertiary/aromatic N) is 4. The van der Waals surface area contributed by atoms with Gasteiger partial charge in [0, 0.05) is 19.8 Å². The number of aryl methyl sites for hydroxylation is 1. The van der Waals surface area contributed by atoms with E-state index in [1.807, 2.05) is 36.9 Å². The number of nitrogens with two attached hydrogens (primary N) is 1. The molecule has 3 rings (SSSR count). The highest BCUT2D eigenvalue weighted by Crippen LogP contribution is 2.28. The van der Waals surface area contributed by atoms with Crippen LogP contribution in [0.2, 0.25) is 0 Å². The van der Waals surface area contributed by atoms with Gasteiger partial charge in [0.25, 0.3) is 0 Å². The third kappa shape index (κ3) is 3.02. The summed E-state index contributed by atoms with van der Waals surface area (Å²) in [4.78, 5) is 13.4. The topological polar surface area (TPSA) is 90.9 Å². The number of benzene rings is 1. The maximum Gasteiger partial charge on any atom is 0.191 e. The summed E-state index contributed by atoms with van der Waals surface area (Å²) in [6.07, 6.45) is 1.73. The summed E-state index contributed by atoms with van der Waals surface area (Å²) >= 11 is 1.55. The van der Waals surface area contributed by atoms with E-state index < -0.39 is 0 Å². The molecule has 3 aromatic rings. The van der Waals surface area contributed by atoms with Crippen molar-refractivity contribution in [1.82, 2.24) is 19.5 Å². The molecule has 2 heterocycles. The zero-order valence-electron chi connectivity index (χ0n) is 13.2. The number of nitrogens with one attached hydrogen (secondary N) is 1. The van der Waals surface area contributed by atoms with Crippen LogP contribution in [0.1, 0.15) is 5.56 Å². The molecule has 0 aliphatic carbocycles. The van der Waals surface area contributed by atoms with Crippen molar-refractivity contribution in [1.29, 1.82) is 0 Å². The second-order valence-electron chi connectivity index (χ2n) is 5.00. The second-order valence-corrected chi connectivity index (χ2v) is 5.94. The first-order valence-corrected chi connectivity index (χ1v) is 8.03. The highest BCUT2D eigenvalue weighted by molar-refractivity contribution is 7.98. The number of imidazole rings is 1. The predicted molar refractivity (Wildman–Crippen MR) is 92.8 cm³/mol. The van der Waals surface area contributed by atoms with Crippen LogP contribution >= 0.6 is 11.8 Å². The van der Waals surface area contributed by atoms with Crippen LogP contribution in [-0.2, 0) is 12.8 Å². The van der Waals surface area contributed by atoms with Crippen molar-refractivity contribution in [3.05, 3.63) is 30.1 Å². The Balaban J connectivity index is 1.84. The average molecular weight is 330 g/mol. The Labute approximate surface area is 138 Å². The van der Waals surface area contributed by atoms with Crippen molar-refractivity contribution in [3.8, 4) is 5.75 Å². The Bertz CT molecular complexity index is 847.